The van der Waals surface area contributed by atoms with Gasteiger partial charge >= 0.3 is 7.12 Å². The molecule has 0 spiro atoms. The number of halogens is 2. The highest BCUT2D eigenvalue weighted by Gasteiger charge is 2.36. The van der Waals surface area contributed by atoms with Crippen LogP contribution in [0.5, 0.6) is 0 Å². The molecule has 1 aliphatic rings. The maximum absolute atomic E-state index is 12.7. The van der Waals surface area contributed by atoms with E-state index in [1.807, 2.05) is 0 Å². The molecule has 0 aliphatic carbocycles. The van der Waals surface area contributed by atoms with Crippen LogP contribution in [0.15, 0.2) is 30.9 Å². The van der Waals surface area contributed by atoms with E-state index in [-0.39, 0.29) is 18.2 Å². The quantitative estimate of drug-likeness (QED) is 0.542. The molecule has 2 N–H and O–H groups in total. The number of benzene rings is 1. The van der Waals surface area contributed by atoms with E-state index in [1.54, 1.807) is 18.2 Å². The maximum Gasteiger partial charge on any atom is 0.478 e. The molecule has 1 saturated heterocycles. The first-order valence-corrected chi connectivity index (χ1v) is 9.01. The van der Waals surface area contributed by atoms with Crippen LogP contribution in [0.2, 0.25) is 10.0 Å². The number of hydrogen-bond donors (Lipinski definition) is 2. The Labute approximate surface area is 163 Å². The molecule has 0 bridgehead atoms. The van der Waals surface area contributed by atoms with E-state index in [9.17, 15) is 14.6 Å². The summed E-state index contributed by atoms with van der Waals surface area (Å²) >= 11 is 12.1. The summed E-state index contributed by atoms with van der Waals surface area (Å²) in [7, 11) is 0.117. The normalized spacial score (nSPS) is 17.7. The molecule has 6 nitrogen and oxygen atoms in total. The van der Waals surface area contributed by atoms with Crippen LogP contribution in [0.1, 0.15) is 18.4 Å². The van der Waals surface area contributed by atoms with Gasteiger partial charge in [0.1, 0.15) is 6.04 Å². The molecule has 2 atom stereocenters. The van der Waals surface area contributed by atoms with Gasteiger partial charge in [0, 0.05) is 23.7 Å². The number of carbonyl (C=O) groups excluding carboxylic acids is 2. The standard InChI is InChI=1S/C17H21BCl2N2O4/c1-3-16(23)22-8-4-5-14(22)17(24)21-15(18(25)26-2)9-11-6-7-12(19)10-13(11)20/h3,6-7,10,14-15,25H,1,4-5,8-9H2,2H3,(H,21,24)/t14-,15+/m1/s1. The molecule has 0 saturated carbocycles. The largest absolute Gasteiger partial charge is 0.478 e. The third-order valence-corrected chi connectivity index (χ3v) is 4.97. The zero-order valence-corrected chi connectivity index (χ0v) is 16.0. The van der Waals surface area contributed by atoms with E-state index in [0.29, 0.717) is 28.6 Å². The SMILES string of the molecule is C=CC(=O)N1CCC[C@@H]1C(=O)N[C@@H](Cc1ccc(Cl)cc1Cl)B(O)OC. The van der Waals surface area contributed by atoms with Gasteiger partial charge in [-0.25, -0.2) is 0 Å². The molecule has 0 unspecified atom stereocenters. The molecule has 0 aromatic heterocycles. The third-order valence-electron chi connectivity index (χ3n) is 4.38. The Kier molecular flexibility index (Phi) is 7.52. The van der Waals surface area contributed by atoms with Crippen LogP contribution in [-0.2, 0) is 20.7 Å². The topological polar surface area (TPSA) is 78.9 Å². The van der Waals surface area contributed by atoms with Gasteiger partial charge in [-0.3, -0.25) is 9.59 Å². The number of likely N-dealkylation sites (tertiary alicyclic amines) is 1. The van der Waals surface area contributed by atoms with Crippen molar-refractivity contribution in [2.24, 2.45) is 0 Å². The molecule has 140 valence electrons. The number of hydrogen-bond acceptors (Lipinski definition) is 4. The van der Waals surface area contributed by atoms with Gasteiger partial charge in [0.2, 0.25) is 11.8 Å². The summed E-state index contributed by atoms with van der Waals surface area (Å²) in [6.45, 7) is 3.97. The average Bonchev–Trinajstić information content (AvgIpc) is 3.11. The Bertz CT molecular complexity index is 689. The van der Waals surface area contributed by atoms with Crippen LogP contribution in [0, 0.1) is 0 Å². The number of rotatable bonds is 7. The number of carbonyl (C=O) groups is 2. The third kappa shape index (κ3) is 5.01. The molecule has 2 rings (SSSR count). The Morgan fingerprint density at radius 1 is 1.54 bits per heavy atom. The average molecular weight is 399 g/mol. The van der Waals surface area contributed by atoms with Crippen LogP contribution in [0.25, 0.3) is 0 Å². The molecule has 2 amide bonds. The van der Waals surface area contributed by atoms with Crippen LogP contribution in [0.4, 0.5) is 0 Å². The minimum Gasteiger partial charge on any atom is -0.426 e. The second-order valence-corrected chi connectivity index (χ2v) is 6.92. The van der Waals surface area contributed by atoms with Gasteiger partial charge in [0.25, 0.3) is 0 Å². The smallest absolute Gasteiger partial charge is 0.426 e. The highest BCUT2D eigenvalue weighted by molar-refractivity contribution is 6.45. The molecule has 9 heteroatoms. The first-order chi connectivity index (χ1) is 12.4. The summed E-state index contributed by atoms with van der Waals surface area (Å²) in [5.74, 6) is -1.36. The van der Waals surface area contributed by atoms with E-state index < -0.39 is 19.1 Å². The van der Waals surface area contributed by atoms with Gasteiger partial charge in [-0.1, -0.05) is 35.8 Å². The predicted octanol–water partition coefficient (Wildman–Crippen LogP) is 1.86. The van der Waals surface area contributed by atoms with Crippen molar-refractivity contribution in [1.82, 2.24) is 10.2 Å². The summed E-state index contributed by atoms with van der Waals surface area (Å²) in [5, 5.41) is 13.8. The van der Waals surface area contributed by atoms with Crippen molar-refractivity contribution in [3.05, 3.63) is 46.5 Å². The Balaban J connectivity index is 2.13. The molecule has 1 aromatic rings. The second kappa shape index (κ2) is 9.42. The number of nitrogens with zero attached hydrogens (tertiary/aromatic N) is 1. The molecule has 1 fully saturated rings. The second-order valence-electron chi connectivity index (χ2n) is 6.07. The van der Waals surface area contributed by atoms with Crippen molar-refractivity contribution >= 4 is 42.1 Å². The van der Waals surface area contributed by atoms with Crippen molar-refractivity contribution in [1.29, 1.82) is 0 Å². The van der Waals surface area contributed by atoms with Gasteiger partial charge in [-0.05, 0) is 43.0 Å². The lowest BCUT2D eigenvalue weighted by atomic mass is 9.75. The van der Waals surface area contributed by atoms with Crippen LogP contribution < -0.4 is 5.32 Å². The monoisotopic (exact) mass is 398 g/mol. The van der Waals surface area contributed by atoms with Crippen molar-refractivity contribution in [3.8, 4) is 0 Å². The first-order valence-electron chi connectivity index (χ1n) is 8.25. The fourth-order valence-electron chi connectivity index (χ4n) is 3.01. The summed E-state index contributed by atoms with van der Waals surface area (Å²) in [4.78, 5) is 26.1. The van der Waals surface area contributed by atoms with Crippen molar-refractivity contribution in [2.45, 2.75) is 31.2 Å². The molecular formula is C17H21BCl2N2O4. The lowest BCUT2D eigenvalue weighted by Crippen LogP contribution is -2.54. The van der Waals surface area contributed by atoms with E-state index in [1.165, 1.54) is 18.1 Å². The van der Waals surface area contributed by atoms with Crippen molar-refractivity contribution in [2.75, 3.05) is 13.7 Å². The fraction of sp³-hybridized carbons (Fsp3) is 0.412. The molecule has 1 aromatic carbocycles. The van der Waals surface area contributed by atoms with Crippen LogP contribution in [0.3, 0.4) is 0 Å². The van der Waals surface area contributed by atoms with Gasteiger partial charge in [0.15, 0.2) is 0 Å². The van der Waals surface area contributed by atoms with Crippen molar-refractivity contribution in [3.63, 3.8) is 0 Å². The van der Waals surface area contributed by atoms with Gasteiger partial charge in [-0.15, -0.1) is 0 Å². The van der Waals surface area contributed by atoms with Crippen LogP contribution >= 0.6 is 23.2 Å². The van der Waals surface area contributed by atoms with E-state index in [0.717, 1.165) is 6.42 Å². The van der Waals surface area contributed by atoms with Gasteiger partial charge in [-0.2, -0.15) is 0 Å². The van der Waals surface area contributed by atoms with E-state index in [4.69, 9.17) is 27.9 Å². The van der Waals surface area contributed by atoms with E-state index in [2.05, 4.69) is 11.9 Å². The highest BCUT2D eigenvalue weighted by Crippen LogP contribution is 2.23. The zero-order chi connectivity index (χ0) is 19.3. The minimum absolute atomic E-state index is 0.249. The Morgan fingerprint density at radius 3 is 2.88 bits per heavy atom. The summed E-state index contributed by atoms with van der Waals surface area (Å²) < 4.78 is 4.98. The predicted molar refractivity (Wildman–Crippen MR) is 102 cm³/mol. The molecule has 26 heavy (non-hydrogen) atoms. The molecule has 1 aliphatic heterocycles. The van der Waals surface area contributed by atoms with E-state index >= 15 is 0 Å². The first kappa shape index (κ1) is 20.8. The lowest BCUT2D eigenvalue weighted by molar-refractivity contribution is -0.135. The van der Waals surface area contributed by atoms with Gasteiger partial charge < -0.3 is 19.9 Å². The summed E-state index contributed by atoms with van der Waals surface area (Å²) in [5.41, 5.74) is 0.711. The Hall–Kier alpha value is -1.54. The molecule has 1 heterocycles. The number of nitrogens with one attached hydrogen (secondary N) is 1. The maximum atomic E-state index is 12.7. The van der Waals surface area contributed by atoms with Gasteiger partial charge in [0.05, 0.1) is 5.94 Å². The summed E-state index contributed by atoms with van der Waals surface area (Å²) in [6.07, 6.45) is 2.74. The summed E-state index contributed by atoms with van der Waals surface area (Å²) in [6, 6.07) is 4.42. The minimum atomic E-state index is -1.23. The van der Waals surface area contributed by atoms with Crippen molar-refractivity contribution < 1.29 is 19.3 Å². The highest BCUT2D eigenvalue weighted by atomic mass is 35.5. The Morgan fingerprint density at radius 2 is 2.27 bits per heavy atom. The number of amides is 2. The fourth-order valence-corrected chi connectivity index (χ4v) is 3.50. The zero-order valence-electron chi connectivity index (χ0n) is 14.5. The molecular weight excluding hydrogens is 378 g/mol. The molecule has 0 radical (unpaired) electrons. The lowest BCUT2D eigenvalue weighted by Gasteiger charge is -2.26. The van der Waals surface area contributed by atoms with Crippen LogP contribution in [-0.4, -0.2) is 54.5 Å².